The number of ketones is 1. The molecule has 3 nitrogen and oxygen atoms in total. The summed E-state index contributed by atoms with van der Waals surface area (Å²) in [4.78, 5) is 26.1. The number of Topliss-reactive ketones (excluding diaryl/α,β-unsaturated/α-hetero) is 1. The van der Waals surface area contributed by atoms with Crippen molar-refractivity contribution in [3.63, 3.8) is 0 Å². The number of thiophene rings is 2. The van der Waals surface area contributed by atoms with Gasteiger partial charge in [0.15, 0.2) is 5.78 Å². The number of carbonyl (C=O) groups excluding carboxylic acids is 2. The maximum absolute atomic E-state index is 13.2. The highest BCUT2D eigenvalue weighted by molar-refractivity contribution is 7.12. The minimum atomic E-state index is -0.309. The van der Waals surface area contributed by atoms with E-state index in [0.717, 1.165) is 15.3 Å². The summed E-state index contributed by atoms with van der Waals surface area (Å²) in [5.41, 5.74) is 0.830. The van der Waals surface area contributed by atoms with Gasteiger partial charge in [0.05, 0.1) is 10.9 Å². The van der Waals surface area contributed by atoms with Crippen molar-refractivity contribution in [3.05, 3.63) is 80.4 Å². The van der Waals surface area contributed by atoms with Gasteiger partial charge in [-0.2, -0.15) is 0 Å². The fourth-order valence-electron chi connectivity index (χ4n) is 2.63. The van der Waals surface area contributed by atoms with Crippen molar-refractivity contribution in [1.82, 2.24) is 5.32 Å². The Kier molecular flexibility index (Phi) is 6.30. The molecular formula is C20H18FNO2S2. The second kappa shape index (κ2) is 8.87. The Morgan fingerprint density at radius 3 is 2.35 bits per heavy atom. The van der Waals surface area contributed by atoms with Crippen molar-refractivity contribution >= 4 is 34.4 Å². The van der Waals surface area contributed by atoms with Crippen LogP contribution in [-0.2, 0) is 4.79 Å². The summed E-state index contributed by atoms with van der Waals surface area (Å²) in [6.07, 6.45) is 1.14. The van der Waals surface area contributed by atoms with E-state index in [-0.39, 0.29) is 30.0 Å². The fraction of sp³-hybridized carbons (Fsp3) is 0.200. The van der Waals surface area contributed by atoms with Gasteiger partial charge in [-0.1, -0.05) is 24.3 Å². The van der Waals surface area contributed by atoms with Crippen molar-refractivity contribution in [1.29, 1.82) is 0 Å². The zero-order valence-corrected chi connectivity index (χ0v) is 15.6. The van der Waals surface area contributed by atoms with Gasteiger partial charge in [0.1, 0.15) is 5.82 Å². The SMILES string of the molecule is O=C(CCCC(=O)c1cccs1)NC(c1ccc(F)cc1)c1cccs1. The molecule has 1 unspecified atom stereocenters. The maximum atomic E-state index is 13.2. The van der Waals surface area contributed by atoms with E-state index in [1.54, 1.807) is 18.2 Å². The minimum absolute atomic E-state index is 0.0705. The van der Waals surface area contributed by atoms with Crippen LogP contribution in [0, 0.1) is 5.82 Å². The van der Waals surface area contributed by atoms with Crippen LogP contribution in [0.5, 0.6) is 0 Å². The molecule has 0 radical (unpaired) electrons. The molecule has 0 aliphatic rings. The lowest BCUT2D eigenvalue weighted by molar-refractivity contribution is -0.121. The number of carbonyl (C=O) groups is 2. The smallest absolute Gasteiger partial charge is 0.220 e. The van der Waals surface area contributed by atoms with Gasteiger partial charge in [-0.05, 0) is 47.0 Å². The van der Waals surface area contributed by atoms with Gasteiger partial charge in [-0.15, -0.1) is 22.7 Å². The van der Waals surface area contributed by atoms with Crippen LogP contribution in [0.25, 0.3) is 0 Å². The second-order valence-corrected chi connectivity index (χ2v) is 7.75. The fourth-order valence-corrected chi connectivity index (χ4v) is 4.13. The largest absolute Gasteiger partial charge is 0.344 e. The van der Waals surface area contributed by atoms with Gasteiger partial charge < -0.3 is 5.32 Å². The first-order chi connectivity index (χ1) is 12.6. The molecule has 0 fully saturated rings. The quantitative estimate of drug-likeness (QED) is 0.540. The average molecular weight is 388 g/mol. The third kappa shape index (κ3) is 4.86. The lowest BCUT2D eigenvalue weighted by Crippen LogP contribution is -2.28. The average Bonchev–Trinajstić information content (AvgIpc) is 3.34. The molecule has 0 bridgehead atoms. The summed E-state index contributed by atoms with van der Waals surface area (Å²) in [6, 6.07) is 13.3. The Bertz CT molecular complexity index is 843. The Hall–Kier alpha value is -2.31. The summed E-state index contributed by atoms with van der Waals surface area (Å²) in [5, 5.41) is 6.82. The van der Waals surface area contributed by atoms with E-state index in [1.165, 1.54) is 34.8 Å². The van der Waals surface area contributed by atoms with Crippen molar-refractivity contribution in [2.45, 2.75) is 25.3 Å². The molecule has 0 saturated heterocycles. The summed E-state index contributed by atoms with van der Waals surface area (Å²) in [7, 11) is 0. The van der Waals surface area contributed by atoms with Crippen molar-refractivity contribution in [2.75, 3.05) is 0 Å². The number of nitrogens with one attached hydrogen (secondary N) is 1. The monoisotopic (exact) mass is 387 g/mol. The third-order valence-electron chi connectivity index (χ3n) is 3.94. The highest BCUT2D eigenvalue weighted by Crippen LogP contribution is 2.26. The molecule has 0 saturated carbocycles. The zero-order chi connectivity index (χ0) is 18.4. The first-order valence-electron chi connectivity index (χ1n) is 8.28. The number of amides is 1. The molecule has 2 heterocycles. The lowest BCUT2D eigenvalue weighted by Gasteiger charge is -2.18. The van der Waals surface area contributed by atoms with Crippen molar-refractivity contribution in [2.24, 2.45) is 0 Å². The molecule has 1 amide bonds. The highest BCUT2D eigenvalue weighted by Gasteiger charge is 2.18. The maximum Gasteiger partial charge on any atom is 0.220 e. The minimum Gasteiger partial charge on any atom is -0.344 e. The molecule has 0 aliphatic heterocycles. The van der Waals surface area contributed by atoms with Gasteiger partial charge >= 0.3 is 0 Å². The zero-order valence-electron chi connectivity index (χ0n) is 14.0. The van der Waals surface area contributed by atoms with Gasteiger partial charge in [0, 0.05) is 17.7 Å². The molecule has 3 aromatic rings. The van der Waals surface area contributed by atoms with Crippen LogP contribution < -0.4 is 5.32 Å². The van der Waals surface area contributed by atoms with Crippen molar-refractivity contribution in [3.8, 4) is 0 Å². The van der Waals surface area contributed by atoms with Crippen LogP contribution in [0.4, 0.5) is 4.39 Å². The van der Waals surface area contributed by atoms with Crippen LogP contribution in [-0.4, -0.2) is 11.7 Å². The molecule has 1 atom stereocenters. The predicted molar refractivity (Wildman–Crippen MR) is 103 cm³/mol. The van der Waals surface area contributed by atoms with Gasteiger partial charge in [0.2, 0.25) is 5.91 Å². The number of rotatable bonds is 8. The van der Waals surface area contributed by atoms with E-state index in [1.807, 2.05) is 29.0 Å². The molecule has 0 aliphatic carbocycles. The molecule has 1 N–H and O–H groups in total. The van der Waals surface area contributed by atoms with E-state index >= 15 is 0 Å². The van der Waals surface area contributed by atoms with Crippen LogP contribution >= 0.6 is 22.7 Å². The number of hydrogen-bond donors (Lipinski definition) is 1. The Morgan fingerprint density at radius 2 is 1.69 bits per heavy atom. The molecule has 6 heteroatoms. The Labute approximate surface area is 159 Å². The van der Waals surface area contributed by atoms with E-state index in [0.29, 0.717) is 12.8 Å². The normalized spacial score (nSPS) is 11.9. The third-order valence-corrected chi connectivity index (χ3v) is 5.79. The predicted octanol–water partition coefficient (Wildman–Crippen LogP) is 5.21. The first kappa shape index (κ1) is 18.5. The van der Waals surface area contributed by atoms with E-state index in [2.05, 4.69) is 5.32 Å². The molecular weight excluding hydrogens is 369 g/mol. The van der Waals surface area contributed by atoms with Crippen LogP contribution in [0.2, 0.25) is 0 Å². The molecule has 1 aromatic carbocycles. The second-order valence-electron chi connectivity index (χ2n) is 5.82. The molecule has 3 rings (SSSR count). The lowest BCUT2D eigenvalue weighted by atomic mass is 10.0. The summed E-state index contributed by atoms with van der Waals surface area (Å²) in [5.74, 6) is -0.357. The van der Waals surface area contributed by atoms with Gasteiger partial charge in [-0.3, -0.25) is 9.59 Å². The Balaban J connectivity index is 1.59. The van der Waals surface area contributed by atoms with Crippen LogP contribution in [0.1, 0.15) is 45.4 Å². The summed E-state index contributed by atoms with van der Waals surface area (Å²) in [6.45, 7) is 0. The number of halogens is 1. The van der Waals surface area contributed by atoms with Gasteiger partial charge in [-0.25, -0.2) is 4.39 Å². The summed E-state index contributed by atoms with van der Waals surface area (Å²) < 4.78 is 13.2. The van der Waals surface area contributed by atoms with E-state index in [9.17, 15) is 14.0 Å². The van der Waals surface area contributed by atoms with Gasteiger partial charge in [0.25, 0.3) is 0 Å². The number of benzene rings is 1. The van der Waals surface area contributed by atoms with Crippen LogP contribution in [0.3, 0.4) is 0 Å². The van der Waals surface area contributed by atoms with Crippen molar-refractivity contribution < 1.29 is 14.0 Å². The molecule has 2 aromatic heterocycles. The van der Waals surface area contributed by atoms with E-state index in [4.69, 9.17) is 0 Å². The highest BCUT2D eigenvalue weighted by atomic mass is 32.1. The molecule has 0 spiro atoms. The first-order valence-corrected chi connectivity index (χ1v) is 10.0. The Morgan fingerprint density at radius 1 is 0.962 bits per heavy atom. The molecule has 26 heavy (non-hydrogen) atoms. The van der Waals surface area contributed by atoms with E-state index < -0.39 is 0 Å². The summed E-state index contributed by atoms with van der Waals surface area (Å²) >= 11 is 2.96. The number of hydrogen-bond acceptors (Lipinski definition) is 4. The molecule has 134 valence electrons. The standard InChI is InChI=1S/C20H18FNO2S2/c21-15-10-8-14(9-11-15)20(18-6-3-13-26-18)22-19(24)7-1-4-16(23)17-5-2-12-25-17/h2-3,5-6,8-13,20H,1,4,7H2,(H,22,24). The topological polar surface area (TPSA) is 46.2 Å². The van der Waals surface area contributed by atoms with Crippen LogP contribution in [0.15, 0.2) is 59.3 Å².